The zero-order valence-corrected chi connectivity index (χ0v) is 29.8. The summed E-state index contributed by atoms with van der Waals surface area (Å²) >= 11 is 2.92. The van der Waals surface area contributed by atoms with E-state index in [0.717, 1.165) is 20.9 Å². The number of esters is 1. The largest absolute Gasteiger partial charge is 0.462 e. The second kappa shape index (κ2) is 14.7. The van der Waals surface area contributed by atoms with Crippen LogP contribution in [0.5, 0.6) is 0 Å². The number of hydrogen-bond donors (Lipinski definition) is 2. The zero-order valence-electron chi connectivity index (χ0n) is 28.2. The van der Waals surface area contributed by atoms with Gasteiger partial charge in [-0.1, -0.05) is 85.4 Å². The molecule has 0 radical (unpaired) electrons. The summed E-state index contributed by atoms with van der Waals surface area (Å²) in [6.45, 7) is 16.2. The molecule has 4 aromatic rings. The van der Waals surface area contributed by atoms with E-state index >= 15 is 0 Å². The number of ketones is 2. The molecule has 0 spiro atoms. The molecule has 1 aliphatic rings. The molecule has 0 saturated carbocycles. The fourth-order valence-corrected chi connectivity index (χ4v) is 7.21. The predicted molar refractivity (Wildman–Crippen MR) is 197 cm³/mol. The van der Waals surface area contributed by atoms with Gasteiger partial charge in [-0.15, -0.1) is 0 Å². The monoisotopic (exact) mass is 676 g/mol. The molecule has 0 fully saturated rings. The Kier molecular flexibility index (Phi) is 10.7. The van der Waals surface area contributed by atoms with Crippen LogP contribution in [-0.4, -0.2) is 30.7 Å². The number of rotatable bonds is 12. The van der Waals surface area contributed by atoms with Crippen molar-refractivity contribution in [3.05, 3.63) is 131 Å². The number of nitrogens with one attached hydrogen (secondary N) is 2. The molecule has 5 rings (SSSR count). The molecule has 246 valence electrons. The van der Waals surface area contributed by atoms with Gasteiger partial charge in [-0.25, -0.2) is 4.79 Å². The Bertz CT molecular complexity index is 1930. The first-order valence-corrected chi connectivity index (χ1v) is 17.4. The lowest BCUT2D eigenvalue weighted by Crippen LogP contribution is -2.31. The van der Waals surface area contributed by atoms with Crippen LogP contribution in [0.2, 0.25) is 0 Å². The maximum Gasteiger partial charge on any atom is 0.330 e. The molecule has 1 aliphatic carbocycles. The normalized spacial score (nSPS) is 12.5. The summed E-state index contributed by atoms with van der Waals surface area (Å²) in [6.07, 6.45) is 3.02. The van der Waals surface area contributed by atoms with Gasteiger partial charge in [-0.3, -0.25) is 9.59 Å². The number of hydrogen-bond acceptors (Lipinski definition) is 8. The lowest BCUT2D eigenvalue weighted by molar-refractivity contribution is -0.140. The van der Waals surface area contributed by atoms with Crippen molar-refractivity contribution < 1.29 is 19.1 Å². The third-order valence-electron chi connectivity index (χ3n) is 7.75. The average molecular weight is 677 g/mol. The van der Waals surface area contributed by atoms with Crippen molar-refractivity contribution in [2.75, 3.05) is 23.8 Å². The first kappa shape index (κ1) is 34.8. The number of benzene rings is 4. The molecular formula is C40H40N2O4S2. The molecule has 0 atom stereocenters. The number of carbonyl (C=O) groups excluding carboxylic acids is 3. The Morgan fingerprint density at radius 2 is 1.25 bits per heavy atom. The third-order valence-corrected chi connectivity index (χ3v) is 9.89. The van der Waals surface area contributed by atoms with E-state index in [0.29, 0.717) is 55.7 Å². The number of ether oxygens (including phenoxy) is 1. The maximum absolute atomic E-state index is 14.9. The van der Waals surface area contributed by atoms with E-state index in [-0.39, 0.29) is 18.2 Å². The van der Waals surface area contributed by atoms with E-state index < -0.39 is 11.4 Å². The minimum absolute atomic E-state index is 0.176. The maximum atomic E-state index is 14.9. The van der Waals surface area contributed by atoms with E-state index in [1.807, 2.05) is 107 Å². The molecule has 0 heterocycles. The van der Waals surface area contributed by atoms with E-state index in [1.54, 1.807) is 13.0 Å². The van der Waals surface area contributed by atoms with E-state index in [2.05, 4.69) is 17.2 Å². The minimum atomic E-state index is -0.468. The van der Waals surface area contributed by atoms with Crippen molar-refractivity contribution in [3.63, 3.8) is 0 Å². The molecule has 48 heavy (non-hydrogen) atoms. The second-order valence-electron chi connectivity index (χ2n) is 12.7. The fourth-order valence-electron chi connectivity index (χ4n) is 5.29. The van der Waals surface area contributed by atoms with Crippen LogP contribution < -0.4 is 10.6 Å². The van der Waals surface area contributed by atoms with Crippen molar-refractivity contribution >= 4 is 52.4 Å². The predicted octanol–water partition coefficient (Wildman–Crippen LogP) is 9.88. The SMILES string of the molecule is C=C(C)Nc1ccc(Sc2ccc(C)cc2)c2c1C(=O)c1c(Sc3ccc(C)cc3)ccc(NCC(C)(C)COC(=O)/C=C/C)c1C2=O. The minimum Gasteiger partial charge on any atom is -0.462 e. The van der Waals surface area contributed by atoms with Crippen LogP contribution in [0.4, 0.5) is 11.4 Å². The highest BCUT2D eigenvalue weighted by Gasteiger charge is 2.38. The molecular weight excluding hydrogens is 637 g/mol. The van der Waals surface area contributed by atoms with Gasteiger partial charge in [-0.05, 0) is 76.2 Å². The molecule has 6 nitrogen and oxygen atoms in total. The summed E-state index contributed by atoms with van der Waals surface area (Å²) in [4.78, 5) is 45.0. The van der Waals surface area contributed by atoms with Crippen LogP contribution in [-0.2, 0) is 9.53 Å². The van der Waals surface area contributed by atoms with Crippen LogP contribution in [0.3, 0.4) is 0 Å². The van der Waals surface area contributed by atoms with E-state index in [9.17, 15) is 14.4 Å². The van der Waals surface area contributed by atoms with Gasteiger partial charge in [0, 0.05) is 60.1 Å². The number of anilines is 2. The van der Waals surface area contributed by atoms with Crippen LogP contribution in [0.15, 0.2) is 117 Å². The van der Waals surface area contributed by atoms with E-state index in [4.69, 9.17) is 4.74 Å². The highest BCUT2D eigenvalue weighted by Crippen LogP contribution is 2.46. The van der Waals surface area contributed by atoms with Crippen LogP contribution in [0, 0.1) is 19.3 Å². The molecule has 4 aromatic carbocycles. The number of allylic oxidation sites excluding steroid dienone is 2. The highest BCUT2D eigenvalue weighted by atomic mass is 32.2. The van der Waals surface area contributed by atoms with Gasteiger partial charge >= 0.3 is 5.97 Å². The number of aryl methyl sites for hydroxylation is 2. The van der Waals surface area contributed by atoms with Crippen molar-refractivity contribution in [2.45, 2.75) is 61.1 Å². The smallest absolute Gasteiger partial charge is 0.330 e. The van der Waals surface area contributed by atoms with Gasteiger partial charge in [0.25, 0.3) is 0 Å². The molecule has 8 heteroatoms. The highest BCUT2D eigenvalue weighted by molar-refractivity contribution is 7.99. The third kappa shape index (κ3) is 7.94. The Hall–Kier alpha value is -4.53. The summed E-state index contributed by atoms with van der Waals surface area (Å²) in [7, 11) is 0. The Morgan fingerprint density at radius 1 is 0.771 bits per heavy atom. The van der Waals surface area contributed by atoms with Crippen LogP contribution >= 0.6 is 23.5 Å². The van der Waals surface area contributed by atoms with Crippen LogP contribution in [0.25, 0.3) is 0 Å². The van der Waals surface area contributed by atoms with Gasteiger partial charge in [0.05, 0.1) is 23.4 Å². The molecule has 0 bridgehead atoms. The molecule has 0 saturated heterocycles. The number of fused-ring (bicyclic) bond motifs is 2. The van der Waals surface area contributed by atoms with Crippen molar-refractivity contribution in [1.29, 1.82) is 0 Å². The average Bonchev–Trinajstić information content (AvgIpc) is 3.04. The summed E-state index contributed by atoms with van der Waals surface area (Å²) in [5, 5.41) is 6.68. The molecule has 0 unspecified atom stereocenters. The lowest BCUT2D eigenvalue weighted by Gasteiger charge is -2.29. The van der Waals surface area contributed by atoms with Crippen molar-refractivity contribution in [1.82, 2.24) is 0 Å². The first-order chi connectivity index (χ1) is 22.9. The van der Waals surface area contributed by atoms with Gasteiger partial charge in [-0.2, -0.15) is 0 Å². The summed E-state index contributed by atoms with van der Waals surface area (Å²) in [6, 6.07) is 23.7. The summed E-state index contributed by atoms with van der Waals surface area (Å²) < 4.78 is 5.44. The van der Waals surface area contributed by atoms with E-state index in [1.165, 1.54) is 29.6 Å². The Balaban J connectivity index is 1.63. The van der Waals surface area contributed by atoms with Gasteiger partial charge in [0.1, 0.15) is 0 Å². The molecule has 0 aliphatic heterocycles. The fraction of sp³-hybridized carbons (Fsp3) is 0.225. The second-order valence-corrected chi connectivity index (χ2v) is 15.0. The molecule has 2 N–H and O–H groups in total. The molecule has 0 aromatic heterocycles. The quantitative estimate of drug-likeness (QED) is 0.0998. The lowest BCUT2D eigenvalue weighted by atomic mass is 9.82. The standard InChI is InChI=1S/C40H40N2O4S2/c1-8-9-33(43)46-23-40(6,7)22-41-29-18-20-31(47-27-14-10-25(4)11-15-27)36-34(29)38(44)37-32(48-28-16-12-26(5)13-17-28)21-19-30(42-24(2)3)35(37)39(36)45/h8-21,41-42H,2,22-23H2,1,3-7H3/b9-8+. The zero-order chi connectivity index (χ0) is 34.6. The molecule has 0 amide bonds. The van der Waals surface area contributed by atoms with Crippen molar-refractivity contribution in [2.24, 2.45) is 5.41 Å². The Morgan fingerprint density at radius 3 is 1.73 bits per heavy atom. The van der Waals surface area contributed by atoms with Gasteiger partial charge in [0.2, 0.25) is 0 Å². The Labute approximate surface area is 291 Å². The van der Waals surface area contributed by atoms with Gasteiger partial charge in [0.15, 0.2) is 11.6 Å². The first-order valence-electron chi connectivity index (χ1n) is 15.7. The number of carbonyl (C=O) groups is 3. The summed E-state index contributed by atoms with van der Waals surface area (Å²) in [5.74, 6) is -0.867. The summed E-state index contributed by atoms with van der Waals surface area (Å²) in [5.41, 5.74) is 4.96. The topological polar surface area (TPSA) is 84.5 Å². The van der Waals surface area contributed by atoms with Gasteiger partial charge < -0.3 is 15.4 Å². The van der Waals surface area contributed by atoms with Crippen LogP contribution in [0.1, 0.15) is 70.7 Å². The van der Waals surface area contributed by atoms with Crippen molar-refractivity contribution in [3.8, 4) is 0 Å².